The number of carbonyl (C=O) groups excluding carboxylic acids is 1. The molecule has 0 heterocycles. The van der Waals surface area contributed by atoms with Gasteiger partial charge in [-0.2, -0.15) is 0 Å². The van der Waals surface area contributed by atoms with Gasteiger partial charge in [-0.1, -0.05) is 0 Å². The minimum Gasteiger partial charge on any atom is -0.462 e. The molecule has 0 aliphatic heterocycles. The maximum absolute atomic E-state index is 13.4. The zero-order valence-corrected chi connectivity index (χ0v) is 11.2. The van der Waals surface area contributed by atoms with Crippen molar-refractivity contribution in [1.29, 1.82) is 0 Å². The number of esters is 1. The van der Waals surface area contributed by atoms with E-state index in [9.17, 15) is 17.6 Å². The largest absolute Gasteiger partial charge is 0.462 e. The summed E-state index contributed by atoms with van der Waals surface area (Å²) in [5.74, 6) is -1.61. The quantitative estimate of drug-likeness (QED) is 0.731. The maximum atomic E-state index is 13.4. The minimum absolute atomic E-state index is 0.0214. The zero-order chi connectivity index (χ0) is 14.5. The van der Waals surface area contributed by atoms with Crippen molar-refractivity contribution in [2.24, 2.45) is 5.73 Å². The normalized spacial score (nSPS) is 11.3. The van der Waals surface area contributed by atoms with Gasteiger partial charge in [-0.25, -0.2) is 22.3 Å². The summed E-state index contributed by atoms with van der Waals surface area (Å²) >= 11 is 0. The van der Waals surface area contributed by atoms with Crippen LogP contribution in [0, 0.1) is 5.82 Å². The number of carbonyl (C=O) groups is 1. The van der Waals surface area contributed by atoms with Crippen molar-refractivity contribution < 1.29 is 22.3 Å². The van der Waals surface area contributed by atoms with E-state index in [0.29, 0.717) is 0 Å². The van der Waals surface area contributed by atoms with Crippen molar-refractivity contribution in [2.45, 2.75) is 11.8 Å². The van der Waals surface area contributed by atoms with Gasteiger partial charge in [0, 0.05) is 13.1 Å². The minimum atomic E-state index is -3.89. The van der Waals surface area contributed by atoms with Crippen LogP contribution >= 0.6 is 0 Å². The molecule has 1 aromatic carbocycles. The molecule has 1 rings (SSSR count). The van der Waals surface area contributed by atoms with Crippen molar-refractivity contribution in [3.63, 3.8) is 0 Å². The van der Waals surface area contributed by atoms with E-state index in [2.05, 4.69) is 4.72 Å². The Bertz CT molecular complexity index is 560. The maximum Gasteiger partial charge on any atom is 0.338 e. The highest BCUT2D eigenvalue weighted by molar-refractivity contribution is 7.89. The van der Waals surface area contributed by atoms with Gasteiger partial charge in [-0.3, -0.25) is 0 Å². The van der Waals surface area contributed by atoms with E-state index >= 15 is 0 Å². The lowest BCUT2D eigenvalue weighted by molar-refractivity contribution is 0.0525. The molecule has 6 nitrogen and oxygen atoms in total. The van der Waals surface area contributed by atoms with Crippen molar-refractivity contribution in [3.8, 4) is 0 Å². The average molecular weight is 290 g/mol. The summed E-state index contributed by atoms with van der Waals surface area (Å²) in [6.45, 7) is 1.84. The van der Waals surface area contributed by atoms with Gasteiger partial charge in [0.1, 0.15) is 5.82 Å². The first-order chi connectivity index (χ1) is 8.90. The number of hydrogen-bond acceptors (Lipinski definition) is 5. The van der Waals surface area contributed by atoms with Crippen molar-refractivity contribution >= 4 is 16.0 Å². The van der Waals surface area contributed by atoms with E-state index in [1.54, 1.807) is 6.92 Å². The first kappa shape index (κ1) is 15.5. The lowest BCUT2D eigenvalue weighted by Gasteiger charge is -2.08. The third-order valence-electron chi connectivity index (χ3n) is 2.13. The molecule has 0 saturated carbocycles. The molecule has 0 radical (unpaired) electrons. The van der Waals surface area contributed by atoms with Crippen LogP contribution in [0.1, 0.15) is 17.3 Å². The van der Waals surface area contributed by atoms with Crippen molar-refractivity contribution in [1.82, 2.24) is 4.72 Å². The number of nitrogens with one attached hydrogen (secondary N) is 1. The SMILES string of the molecule is CCOC(=O)c1cc(F)cc(S(=O)(=O)NCCN)c1. The van der Waals surface area contributed by atoms with Crippen LogP contribution in [0.3, 0.4) is 0 Å². The molecule has 0 aliphatic carbocycles. The summed E-state index contributed by atoms with van der Waals surface area (Å²) in [7, 11) is -3.89. The van der Waals surface area contributed by atoms with Crippen LogP contribution in [0.2, 0.25) is 0 Å². The average Bonchev–Trinajstić information content (AvgIpc) is 2.36. The molecule has 19 heavy (non-hydrogen) atoms. The smallest absolute Gasteiger partial charge is 0.338 e. The van der Waals surface area contributed by atoms with Gasteiger partial charge in [0.05, 0.1) is 17.1 Å². The highest BCUT2D eigenvalue weighted by Crippen LogP contribution is 2.15. The Hall–Kier alpha value is -1.51. The molecular formula is C11H15FN2O4S. The molecule has 0 bridgehead atoms. The summed E-state index contributed by atoms with van der Waals surface area (Å²) in [6, 6.07) is 2.79. The van der Waals surface area contributed by atoms with E-state index in [0.717, 1.165) is 18.2 Å². The molecule has 1 aromatic rings. The monoisotopic (exact) mass is 290 g/mol. The Balaban J connectivity index is 3.13. The third-order valence-corrected chi connectivity index (χ3v) is 3.57. The Morgan fingerprint density at radius 2 is 2.11 bits per heavy atom. The van der Waals surface area contributed by atoms with Gasteiger partial charge in [0.25, 0.3) is 0 Å². The van der Waals surface area contributed by atoms with E-state index in [4.69, 9.17) is 10.5 Å². The number of hydrogen-bond donors (Lipinski definition) is 2. The van der Waals surface area contributed by atoms with Gasteiger partial charge in [0.15, 0.2) is 0 Å². The molecule has 106 valence electrons. The molecule has 0 saturated heterocycles. The second-order valence-corrected chi connectivity index (χ2v) is 5.35. The van der Waals surface area contributed by atoms with Gasteiger partial charge < -0.3 is 10.5 Å². The van der Waals surface area contributed by atoms with Crippen LogP contribution < -0.4 is 10.5 Å². The summed E-state index contributed by atoms with van der Waals surface area (Å²) < 4.78 is 43.8. The van der Waals surface area contributed by atoms with E-state index in [-0.39, 0.29) is 30.2 Å². The molecule has 0 spiro atoms. The predicted octanol–water partition coefficient (Wildman–Crippen LogP) is 0.239. The Kier molecular flexibility index (Phi) is 5.40. The predicted molar refractivity (Wildman–Crippen MR) is 66.6 cm³/mol. The highest BCUT2D eigenvalue weighted by Gasteiger charge is 2.18. The topological polar surface area (TPSA) is 98.5 Å². The van der Waals surface area contributed by atoms with Crippen LogP contribution in [0.25, 0.3) is 0 Å². The van der Waals surface area contributed by atoms with Crippen LogP contribution in [-0.2, 0) is 14.8 Å². The molecule has 0 aromatic heterocycles. The fourth-order valence-corrected chi connectivity index (χ4v) is 2.43. The second kappa shape index (κ2) is 6.60. The molecule has 0 fully saturated rings. The molecule has 0 unspecified atom stereocenters. The van der Waals surface area contributed by atoms with Gasteiger partial charge in [-0.05, 0) is 25.1 Å². The summed E-state index contributed by atoms with van der Waals surface area (Å²) in [4.78, 5) is 11.1. The van der Waals surface area contributed by atoms with E-state index in [1.165, 1.54) is 0 Å². The van der Waals surface area contributed by atoms with Crippen molar-refractivity contribution in [3.05, 3.63) is 29.6 Å². The zero-order valence-electron chi connectivity index (χ0n) is 10.3. The number of benzene rings is 1. The first-order valence-corrected chi connectivity index (χ1v) is 7.06. The van der Waals surface area contributed by atoms with Gasteiger partial charge in [0.2, 0.25) is 10.0 Å². The Morgan fingerprint density at radius 3 is 2.68 bits per heavy atom. The van der Waals surface area contributed by atoms with Crippen molar-refractivity contribution in [2.75, 3.05) is 19.7 Å². The fraction of sp³-hybridized carbons (Fsp3) is 0.364. The number of nitrogens with two attached hydrogens (primary N) is 1. The summed E-state index contributed by atoms with van der Waals surface area (Å²) in [6.07, 6.45) is 0. The highest BCUT2D eigenvalue weighted by atomic mass is 32.2. The number of sulfonamides is 1. The third kappa shape index (κ3) is 4.27. The Morgan fingerprint density at radius 1 is 1.42 bits per heavy atom. The number of halogens is 1. The number of ether oxygens (including phenoxy) is 1. The Labute approximate surface area is 110 Å². The standard InChI is InChI=1S/C11H15FN2O4S/c1-2-18-11(15)8-5-9(12)7-10(6-8)19(16,17)14-4-3-13/h5-7,14H,2-4,13H2,1H3. The number of rotatable bonds is 6. The second-order valence-electron chi connectivity index (χ2n) is 3.58. The van der Waals surface area contributed by atoms with Gasteiger partial charge in [-0.15, -0.1) is 0 Å². The fourth-order valence-electron chi connectivity index (χ4n) is 1.33. The molecule has 0 atom stereocenters. The van der Waals surface area contributed by atoms with Gasteiger partial charge >= 0.3 is 5.97 Å². The summed E-state index contributed by atoms with van der Waals surface area (Å²) in [5.41, 5.74) is 5.03. The van der Waals surface area contributed by atoms with Crippen LogP contribution in [0.5, 0.6) is 0 Å². The molecular weight excluding hydrogens is 275 g/mol. The van der Waals surface area contributed by atoms with E-state index in [1.807, 2.05) is 0 Å². The molecule has 0 aliphatic rings. The lowest BCUT2D eigenvalue weighted by Crippen LogP contribution is -2.29. The lowest BCUT2D eigenvalue weighted by atomic mass is 10.2. The van der Waals surface area contributed by atoms with Crippen LogP contribution in [0.4, 0.5) is 4.39 Å². The molecule has 8 heteroatoms. The van der Waals surface area contributed by atoms with Crippen LogP contribution in [-0.4, -0.2) is 34.1 Å². The summed E-state index contributed by atoms with van der Waals surface area (Å²) in [5, 5.41) is 0. The molecule has 0 amide bonds. The van der Waals surface area contributed by atoms with E-state index < -0.39 is 21.8 Å². The molecule has 3 N–H and O–H groups in total. The first-order valence-electron chi connectivity index (χ1n) is 5.58. The van der Waals surface area contributed by atoms with Crippen LogP contribution in [0.15, 0.2) is 23.1 Å².